The van der Waals surface area contributed by atoms with Crippen molar-refractivity contribution in [2.45, 2.75) is 32.4 Å². The quantitative estimate of drug-likeness (QED) is 0.726. The van der Waals surface area contributed by atoms with Gasteiger partial charge < -0.3 is 4.74 Å². The molecule has 0 radical (unpaired) electrons. The van der Waals surface area contributed by atoms with Gasteiger partial charge in [0.15, 0.2) is 17.5 Å². The number of hydrogen-bond donors (Lipinski definition) is 0. The first-order valence-corrected chi connectivity index (χ1v) is 7.85. The molecule has 1 aromatic rings. The Kier molecular flexibility index (Phi) is 4.33. The highest BCUT2D eigenvalue weighted by atomic mass is 32.2. The zero-order valence-electron chi connectivity index (χ0n) is 12.5. The highest BCUT2D eigenvalue weighted by molar-refractivity contribution is 7.85. The second kappa shape index (κ2) is 5.68. The van der Waals surface area contributed by atoms with Crippen LogP contribution in [0.15, 0.2) is 12.1 Å². The molecule has 0 bridgehead atoms. The lowest BCUT2D eigenvalue weighted by atomic mass is 10.1. The Morgan fingerprint density at radius 1 is 1.26 bits per heavy atom. The Morgan fingerprint density at radius 2 is 1.78 bits per heavy atom. The Bertz CT molecular complexity index is 721. The molecule has 1 heterocycles. The second-order valence-corrected chi connectivity index (χ2v) is 7.32. The smallest absolute Gasteiger partial charge is 0.426 e. The minimum absolute atomic E-state index is 0.240. The van der Waals surface area contributed by atoms with Crippen LogP contribution in [0.5, 0.6) is 0 Å². The molecule has 1 amide bonds. The fourth-order valence-corrected chi connectivity index (χ4v) is 3.08. The van der Waals surface area contributed by atoms with Crippen LogP contribution in [0.25, 0.3) is 0 Å². The summed E-state index contributed by atoms with van der Waals surface area (Å²) in [6.07, 6.45) is -1.26. The van der Waals surface area contributed by atoms with Gasteiger partial charge >= 0.3 is 16.4 Å². The van der Waals surface area contributed by atoms with E-state index < -0.39 is 52.1 Å². The van der Waals surface area contributed by atoms with Crippen molar-refractivity contribution in [2.75, 3.05) is 6.61 Å². The SMILES string of the molecule is CC(C)(C)OC(=O)N1[C@@H](c2cc(F)c(F)c(F)c2)COS1(=O)=O. The van der Waals surface area contributed by atoms with Crippen molar-refractivity contribution in [1.82, 2.24) is 4.31 Å². The van der Waals surface area contributed by atoms with Gasteiger partial charge in [-0.05, 0) is 38.5 Å². The standard InChI is InChI=1S/C13H14F3NO5S/c1-13(2,3)22-12(18)17-10(6-21-23(17,19)20)7-4-8(14)11(16)9(15)5-7/h4-5,10H,6H2,1-3H3/t10-/m1/s1. The van der Waals surface area contributed by atoms with Gasteiger partial charge in [0.2, 0.25) is 0 Å². The number of nitrogens with zero attached hydrogens (tertiary/aromatic N) is 1. The number of benzene rings is 1. The Balaban J connectivity index is 2.43. The van der Waals surface area contributed by atoms with Crippen molar-refractivity contribution >= 4 is 16.4 Å². The third kappa shape index (κ3) is 3.58. The van der Waals surface area contributed by atoms with Gasteiger partial charge in [-0.3, -0.25) is 4.18 Å². The molecule has 0 N–H and O–H groups in total. The number of carbonyl (C=O) groups excluding carboxylic acids is 1. The zero-order chi connectivity index (χ0) is 17.6. The maximum absolute atomic E-state index is 13.3. The summed E-state index contributed by atoms with van der Waals surface area (Å²) in [6.45, 7) is 3.98. The largest absolute Gasteiger partial charge is 0.443 e. The number of amides is 1. The lowest BCUT2D eigenvalue weighted by molar-refractivity contribution is 0.0355. The van der Waals surface area contributed by atoms with E-state index in [4.69, 9.17) is 4.74 Å². The molecule has 1 atom stereocenters. The molecule has 0 unspecified atom stereocenters. The second-order valence-electron chi connectivity index (χ2n) is 5.83. The van der Waals surface area contributed by atoms with Gasteiger partial charge in [-0.15, -0.1) is 0 Å². The van der Waals surface area contributed by atoms with Crippen molar-refractivity contribution in [3.05, 3.63) is 35.1 Å². The van der Waals surface area contributed by atoms with Gasteiger partial charge in [-0.2, -0.15) is 12.7 Å². The van der Waals surface area contributed by atoms with E-state index in [0.717, 1.165) is 0 Å². The van der Waals surface area contributed by atoms with Crippen LogP contribution in [-0.2, 0) is 19.2 Å². The Morgan fingerprint density at radius 3 is 2.26 bits per heavy atom. The monoisotopic (exact) mass is 353 g/mol. The fourth-order valence-electron chi connectivity index (χ4n) is 1.96. The molecule has 0 aromatic heterocycles. The topological polar surface area (TPSA) is 72.9 Å². The van der Waals surface area contributed by atoms with Crippen LogP contribution in [0.2, 0.25) is 0 Å². The third-order valence-corrected chi connectivity index (χ3v) is 4.18. The maximum atomic E-state index is 13.3. The van der Waals surface area contributed by atoms with Crippen molar-refractivity contribution < 1.29 is 35.3 Å². The van der Waals surface area contributed by atoms with Crippen LogP contribution < -0.4 is 0 Å². The van der Waals surface area contributed by atoms with E-state index in [1.807, 2.05) is 0 Å². The van der Waals surface area contributed by atoms with Gasteiger partial charge in [0.1, 0.15) is 11.6 Å². The molecule has 1 aliphatic rings. The summed E-state index contributed by atoms with van der Waals surface area (Å²) in [7, 11) is -4.47. The molecule has 0 aliphatic carbocycles. The van der Waals surface area contributed by atoms with E-state index in [1.54, 1.807) is 0 Å². The van der Waals surface area contributed by atoms with Gasteiger partial charge in [0, 0.05) is 0 Å². The van der Waals surface area contributed by atoms with Crippen molar-refractivity contribution in [2.24, 2.45) is 0 Å². The normalized spacial score (nSPS) is 20.6. The zero-order valence-corrected chi connectivity index (χ0v) is 13.3. The van der Waals surface area contributed by atoms with Gasteiger partial charge in [-0.1, -0.05) is 0 Å². The number of rotatable bonds is 1. The number of ether oxygens (including phenoxy) is 1. The Labute approximate surface area is 131 Å². The highest BCUT2D eigenvalue weighted by Crippen LogP contribution is 2.34. The molecule has 1 aliphatic heterocycles. The van der Waals surface area contributed by atoms with Crippen LogP contribution >= 0.6 is 0 Å². The lowest BCUT2D eigenvalue weighted by Gasteiger charge is -2.26. The molecule has 10 heteroatoms. The average Bonchev–Trinajstić information content (AvgIpc) is 2.69. The van der Waals surface area contributed by atoms with Crippen LogP contribution in [-0.4, -0.2) is 31.0 Å². The summed E-state index contributed by atoms with van der Waals surface area (Å²) in [5, 5.41) is 0. The number of halogens is 3. The number of hydrogen-bond acceptors (Lipinski definition) is 5. The van der Waals surface area contributed by atoms with Crippen LogP contribution in [0.1, 0.15) is 32.4 Å². The van der Waals surface area contributed by atoms with Crippen LogP contribution in [0.3, 0.4) is 0 Å². The summed E-state index contributed by atoms with van der Waals surface area (Å²) < 4.78 is 73.1. The van der Waals surface area contributed by atoms with Gasteiger partial charge in [-0.25, -0.2) is 18.0 Å². The summed E-state index contributed by atoms with van der Waals surface area (Å²) in [6, 6.07) is -0.158. The Hall–Kier alpha value is -1.81. The minimum atomic E-state index is -4.47. The summed E-state index contributed by atoms with van der Waals surface area (Å²) in [5.74, 6) is -4.71. The highest BCUT2D eigenvalue weighted by Gasteiger charge is 2.45. The molecule has 23 heavy (non-hydrogen) atoms. The molecule has 1 saturated heterocycles. The van der Waals surface area contributed by atoms with Crippen molar-refractivity contribution in [1.29, 1.82) is 0 Å². The van der Waals surface area contributed by atoms with E-state index in [2.05, 4.69) is 4.18 Å². The minimum Gasteiger partial charge on any atom is -0.443 e. The first-order chi connectivity index (χ1) is 10.4. The lowest BCUT2D eigenvalue weighted by Crippen LogP contribution is -2.39. The molecule has 1 aromatic carbocycles. The molecular weight excluding hydrogens is 339 g/mol. The molecular formula is C13H14F3NO5S. The molecule has 2 rings (SSSR count). The molecule has 0 spiro atoms. The van der Waals surface area contributed by atoms with Crippen LogP contribution in [0, 0.1) is 17.5 Å². The van der Waals surface area contributed by atoms with Gasteiger partial charge in [0.25, 0.3) is 0 Å². The first kappa shape index (κ1) is 17.5. The molecule has 1 fully saturated rings. The summed E-state index contributed by atoms with van der Waals surface area (Å²) in [4.78, 5) is 12.1. The summed E-state index contributed by atoms with van der Waals surface area (Å²) in [5.41, 5.74) is -1.27. The van der Waals surface area contributed by atoms with E-state index in [0.29, 0.717) is 12.1 Å². The van der Waals surface area contributed by atoms with Crippen molar-refractivity contribution in [3.8, 4) is 0 Å². The first-order valence-electron chi connectivity index (χ1n) is 6.48. The van der Waals surface area contributed by atoms with E-state index in [9.17, 15) is 26.4 Å². The number of carbonyl (C=O) groups is 1. The molecule has 128 valence electrons. The maximum Gasteiger partial charge on any atom is 0.426 e. The van der Waals surface area contributed by atoms with E-state index >= 15 is 0 Å². The van der Waals surface area contributed by atoms with Crippen molar-refractivity contribution in [3.63, 3.8) is 0 Å². The van der Waals surface area contributed by atoms with Gasteiger partial charge in [0.05, 0.1) is 6.61 Å². The van der Waals surface area contributed by atoms with E-state index in [-0.39, 0.29) is 9.87 Å². The average molecular weight is 353 g/mol. The molecule has 0 saturated carbocycles. The third-order valence-electron chi connectivity index (χ3n) is 2.86. The predicted octanol–water partition coefficient (Wildman–Crippen LogP) is 2.66. The predicted molar refractivity (Wildman–Crippen MR) is 72.0 cm³/mol. The fraction of sp³-hybridized carbons (Fsp3) is 0.462. The van der Waals surface area contributed by atoms with Crippen LogP contribution in [0.4, 0.5) is 18.0 Å². The molecule has 6 nitrogen and oxygen atoms in total. The summed E-state index contributed by atoms with van der Waals surface area (Å²) >= 11 is 0. The van der Waals surface area contributed by atoms with E-state index in [1.165, 1.54) is 20.8 Å².